The SMILES string of the molecule is CC(=O)N1CCc2cc(NC(=O)C=C(C)C)ccc21. The van der Waals surface area contributed by atoms with E-state index in [1.807, 2.05) is 32.0 Å². The van der Waals surface area contributed by atoms with Crippen LogP contribution in [0.5, 0.6) is 0 Å². The third-order valence-electron chi connectivity index (χ3n) is 3.04. The Balaban J connectivity index is 2.17. The Bertz CT molecular complexity index is 557. The van der Waals surface area contributed by atoms with Crippen LogP contribution in [0.2, 0.25) is 0 Å². The fourth-order valence-corrected chi connectivity index (χ4v) is 2.25. The minimum Gasteiger partial charge on any atom is -0.323 e. The summed E-state index contributed by atoms with van der Waals surface area (Å²) in [6.07, 6.45) is 2.40. The Morgan fingerprint density at radius 2 is 2.00 bits per heavy atom. The summed E-state index contributed by atoms with van der Waals surface area (Å²) >= 11 is 0. The molecule has 0 atom stereocenters. The molecule has 0 bridgehead atoms. The lowest BCUT2D eigenvalue weighted by Crippen LogP contribution is -2.25. The number of amides is 2. The summed E-state index contributed by atoms with van der Waals surface area (Å²) in [5.41, 5.74) is 3.78. The molecule has 0 unspecified atom stereocenters. The molecule has 0 spiro atoms. The number of rotatable bonds is 2. The maximum absolute atomic E-state index is 11.6. The molecule has 4 nitrogen and oxygen atoms in total. The second-order valence-corrected chi connectivity index (χ2v) is 4.98. The molecule has 0 radical (unpaired) electrons. The molecule has 1 aliphatic heterocycles. The normalized spacial score (nSPS) is 12.9. The first-order chi connectivity index (χ1) is 8.97. The summed E-state index contributed by atoms with van der Waals surface area (Å²) in [6.45, 7) is 6.05. The molecule has 0 saturated heterocycles. The van der Waals surface area contributed by atoms with Gasteiger partial charge in [0.15, 0.2) is 0 Å². The predicted molar refractivity (Wildman–Crippen MR) is 76.2 cm³/mol. The van der Waals surface area contributed by atoms with Crippen molar-refractivity contribution < 1.29 is 9.59 Å². The zero-order chi connectivity index (χ0) is 14.0. The fraction of sp³-hybridized carbons (Fsp3) is 0.333. The number of anilines is 2. The summed E-state index contributed by atoms with van der Waals surface area (Å²) in [5.74, 6) is -0.0681. The van der Waals surface area contributed by atoms with E-state index in [1.165, 1.54) is 0 Å². The second kappa shape index (κ2) is 5.26. The van der Waals surface area contributed by atoms with Gasteiger partial charge in [-0.1, -0.05) is 5.57 Å². The minimum absolute atomic E-state index is 0.0556. The van der Waals surface area contributed by atoms with E-state index < -0.39 is 0 Å². The largest absolute Gasteiger partial charge is 0.323 e. The van der Waals surface area contributed by atoms with Gasteiger partial charge in [0.05, 0.1) is 0 Å². The highest BCUT2D eigenvalue weighted by Crippen LogP contribution is 2.30. The summed E-state index contributed by atoms with van der Waals surface area (Å²) in [4.78, 5) is 24.8. The van der Waals surface area contributed by atoms with Crippen LogP contribution < -0.4 is 10.2 Å². The van der Waals surface area contributed by atoms with Gasteiger partial charge >= 0.3 is 0 Å². The average molecular weight is 258 g/mol. The zero-order valence-electron chi connectivity index (χ0n) is 11.5. The molecular weight excluding hydrogens is 240 g/mol. The highest BCUT2D eigenvalue weighted by molar-refractivity contribution is 6.00. The van der Waals surface area contributed by atoms with E-state index in [0.29, 0.717) is 0 Å². The molecule has 0 aliphatic carbocycles. The zero-order valence-corrected chi connectivity index (χ0v) is 11.5. The monoisotopic (exact) mass is 258 g/mol. The smallest absolute Gasteiger partial charge is 0.248 e. The quantitative estimate of drug-likeness (QED) is 0.829. The van der Waals surface area contributed by atoms with E-state index in [9.17, 15) is 9.59 Å². The molecule has 0 aromatic heterocycles. The van der Waals surface area contributed by atoms with E-state index in [-0.39, 0.29) is 11.8 Å². The van der Waals surface area contributed by atoms with Gasteiger partial charge in [0.25, 0.3) is 0 Å². The van der Waals surface area contributed by atoms with E-state index in [1.54, 1.807) is 17.9 Å². The Kier molecular flexibility index (Phi) is 3.69. The lowest BCUT2D eigenvalue weighted by molar-refractivity contribution is -0.116. The number of carbonyl (C=O) groups excluding carboxylic acids is 2. The molecule has 100 valence electrons. The lowest BCUT2D eigenvalue weighted by atomic mass is 10.1. The first-order valence-corrected chi connectivity index (χ1v) is 6.34. The molecule has 2 amide bonds. The maximum atomic E-state index is 11.6. The van der Waals surface area contributed by atoms with Crippen LogP contribution in [0, 0.1) is 0 Å². The van der Waals surface area contributed by atoms with E-state index >= 15 is 0 Å². The number of carbonyl (C=O) groups is 2. The molecule has 4 heteroatoms. The standard InChI is InChI=1S/C15H18N2O2/c1-10(2)8-15(19)16-13-4-5-14-12(9-13)6-7-17(14)11(3)18/h4-5,8-9H,6-7H2,1-3H3,(H,16,19). The first kappa shape index (κ1) is 13.3. The van der Waals surface area contributed by atoms with Gasteiger partial charge < -0.3 is 10.2 Å². The summed E-state index contributed by atoms with van der Waals surface area (Å²) < 4.78 is 0. The van der Waals surface area contributed by atoms with Gasteiger partial charge in [0.2, 0.25) is 11.8 Å². The molecular formula is C15H18N2O2. The van der Waals surface area contributed by atoms with Crippen LogP contribution in [-0.4, -0.2) is 18.4 Å². The van der Waals surface area contributed by atoms with Crippen molar-refractivity contribution in [2.24, 2.45) is 0 Å². The van der Waals surface area contributed by atoms with Crippen molar-refractivity contribution in [2.75, 3.05) is 16.8 Å². The molecule has 1 aliphatic rings. The third-order valence-corrected chi connectivity index (χ3v) is 3.04. The Hall–Kier alpha value is -2.10. The highest BCUT2D eigenvalue weighted by atomic mass is 16.2. The van der Waals surface area contributed by atoms with Crippen LogP contribution in [-0.2, 0) is 16.0 Å². The van der Waals surface area contributed by atoms with Crippen molar-refractivity contribution in [3.63, 3.8) is 0 Å². The number of hydrogen-bond donors (Lipinski definition) is 1. The van der Waals surface area contributed by atoms with Crippen molar-refractivity contribution in [1.29, 1.82) is 0 Å². The molecule has 0 saturated carbocycles. The summed E-state index contributed by atoms with van der Waals surface area (Å²) in [7, 11) is 0. The van der Waals surface area contributed by atoms with Gasteiger partial charge in [0, 0.05) is 30.9 Å². The van der Waals surface area contributed by atoms with Crippen LogP contribution in [0.1, 0.15) is 26.3 Å². The van der Waals surface area contributed by atoms with Crippen LogP contribution in [0.25, 0.3) is 0 Å². The van der Waals surface area contributed by atoms with Crippen LogP contribution >= 0.6 is 0 Å². The molecule has 19 heavy (non-hydrogen) atoms. The average Bonchev–Trinajstić information content (AvgIpc) is 2.70. The Morgan fingerprint density at radius 1 is 1.26 bits per heavy atom. The summed E-state index contributed by atoms with van der Waals surface area (Å²) in [6, 6.07) is 5.66. The predicted octanol–water partition coefficient (Wildman–Crippen LogP) is 2.50. The van der Waals surface area contributed by atoms with Gasteiger partial charge in [-0.15, -0.1) is 0 Å². The van der Waals surface area contributed by atoms with E-state index in [0.717, 1.165) is 35.5 Å². The third kappa shape index (κ3) is 3.02. The number of hydrogen-bond acceptors (Lipinski definition) is 2. The van der Waals surface area contributed by atoms with Crippen molar-refractivity contribution in [3.8, 4) is 0 Å². The number of nitrogens with zero attached hydrogens (tertiary/aromatic N) is 1. The van der Waals surface area contributed by atoms with Crippen LogP contribution in [0.3, 0.4) is 0 Å². The Labute approximate surface area is 113 Å². The van der Waals surface area contributed by atoms with Crippen molar-refractivity contribution in [3.05, 3.63) is 35.4 Å². The van der Waals surface area contributed by atoms with Crippen LogP contribution in [0.15, 0.2) is 29.8 Å². The molecule has 0 fully saturated rings. The number of fused-ring (bicyclic) bond motifs is 1. The number of nitrogens with one attached hydrogen (secondary N) is 1. The minimum atomic E-state index is -0.124. The van der Waals surface area contributed by atoms with E-state index in [2.05, 4.69) is 5.32 Å². The lowest BCUT2D eigenvalue weighted by Gasteiger charge is -2.14. The van der Waals surface area contributed by atoms with E-state index in [4.69, 9.17) is 0 Å². The second-order valence-electron chi connectivity index (χ2n) is 4.98. The van der Waals surface area contributed by atoms with Gasteiger partial charge in [-0.2, -0.15) is 0 Å². The topological polar surface area (TPSA) is 49.4 Å². The number of benzene rings is 1. The highest BCUT2D eigenvalue weighted by Gasteiger charge is 2.22. The Morgan fingerprint density at radius 3 is 2.63 bits per heavy atom. The van der Waals surface area contributed by atoms with Gasteiger partial charge in [-0.25, -0.2) is 0 Å². The molecule has 1 aromatic carbocycles. The first-order valence-electron chi connectivity index (χ1n) is 6.34. The molecule has 1 aromatic rings. The molecule has 1 N–H and O–H groups in total. The maximum Gasteiger partial charge on any atom is 0.248 e. The van der Waals surface area contributed by atoms with Gasteiger partial charge in [-0.3, -0.25) is 9.59 Å². The van der Waals surface area contributed by atoms with Crippen molar-refractivity contribution >= 4 is 23.2 Å². The fourth-order valence-electron chi connectivity index (χ4n) is 2.25. The van der Waals surface area contributed by atoms with Crippen molar-refractivity contribution in [2.45, 2.75) is 27.2 Å². The van der Waals surface area contributed by atoms with Crippen molar-refractivity contribution in [1.82, 2.24) is 0 Å². The van der Waals surface area contributed by atoms with Gasteiger partial charge in [-0.05, 0) is 44.0 Å². The molecule has 1 heterocycles. The number of allylic oxidation sites excluding steroid dienone is 1. The van der Waals surface area contributed by atoms with Crippen LogP contribution in [0.4, 0.5) is 11.4 Å². The van der Waals surface area contributed by atoms with Gasteiger partial charge in [0.1, 0.15) is 0 Å². The summed E-state index contributed by atoms with van der Waals surface area (Å²) in [5, 5.41) is 2.83. The molecule has 2 rings (SSSR count).